The van der Waals surface area contributed by atoms with Crippen LogP contribution in [-0.4, -0.2) is 54.0 Å². The standard InChI is InChI=1S/C19H22ClFN4O3S/c1-29(27,28)25(12-14-5-3-9-22-11-14)15-6-4-10-24(13-15)19(26)23-17-8-2-7-16(20)18(17)21/h2-3,5,7-9,11,15H,4,6,10,12-13H2,1H3,(H,23,26). The summed E-state index contributed by atoms with van der Waals surface area (Å²) in [5, 5.41) is 2.43. The number of likely N-dealkylation sites (tertiary alicyclic amines) is 1. The summed E-state index contributed by atoms with van der Waals surface area (Å²) in [4.78, 5) is 18.2. The Morgan fingerprint density at radius 3 is 2.86 bits per heavy atom. The van der Waals surface area contributed by atoms with Crippen molar-refractivity contribution in [1.82, 2.24) is 14.2 Å². The summed E-state index contributed by atoms with van der Waals surface area (Å²) in [6.07, 6.45) is 5.66. The first kappa shape index (κ1) is 21.5. The molecule has 2 aromatic rings. The first-order chi connectivity index (χ1) is 13.8. The maximum atomic E-state index is 14.1. The fraction of sp³-hybridized carbons (Fsp3) is 0.368. The monoisotopic (exact) mass is 440 g/mol. The number of hydrogen-bond acceptors (Lipinski definition) is 4. The van der Waals surface area contributed by atoms with Crippen LogP contribution in [0.15, 0.2) is 42.7 Å². The normalized spacial score (nSPS) is 17.4. The molecule has 3 rings (SSSR count). The molecule has 1 N–H and O–H groups in total. The molecule has 1 aromatic heterocycles. The summed E-state index contributed by atoms with van der Waals surface area (Å²) in [6.45, 7) is 0.839. The Morgan fingerprint density at radius 2 is 2.17 bits per heavy atom. The summed E-state index contributed by atoms with van der Waals surface area (Å²) in [6, 6.07) is 7.03. The number of hydrogen-bond donors (Lipinski definition) is 1. The molecule has 0 saturated carbocycles. The lowest BCUT2D eigenvalue weighted by Crippen LogP contribution is -2.52. The van der Waals surface area contributed by atoms with Gasteiger partial charge in [0.05, 0.1) is 17.0 Å². The Morgan fingerprint density at radius 1 is 1.38 bits per heavy atom. The summed E-state index contributed by atoms with van der Waals surface area (Å²) in [5.41, 5.74) is 0.750. The zero-order valence-corrected chi connectivity index (χ0v) is 17.5. The van der Waals surface area contributed by atoms with Crippen LogP contribution < -0.4 is 5.32 Å². The number of halogens is 2. The summed E-state index contributed by atoms with van der Waals surface area (Å²) >= 11 is 5.76. The van der Waals surface area contributed by atoms with Gasteiger partial charge in [-0.25, -0.2) is 17.6 Å². The number of anilines is 1. The number of nitrogens with zero attached hydrogens (tertiary/aromatic N) is 3. The molecule has 1 saturated heterocycles. The zero-order valence-electron chi connectivity index (χ0n) is 15.9. The van der Waals surface area contributed by atoms with Crippen LogP contribution in [0.2, 0.25) is 5.02 Å². The molecule has 0 aliphatic carbocycles. The van der Waals surface area contributed by atoms with Gasteiger partial charge < -0.3 is 10.2 Å². The number of rotatable bonds is 5. The van der Waals surface area contributed by atoms with Gasteiger partial charge in [-0.1, -0.05) is 23.7 Å². The third-order valence-electron chi connectivity index (χ3n) is 4.77. The summed E-state index contributed by atoms with van der Waals surface area (Å²) < 4.78 is 40.3. The maximum absolute atomic E-state index is 14.1. The van der Waals surface area contributed by atoms with Crippen LogP contribution in [0.4, 0.5) is 14.9 Å². The van der Waals surface area contributed by atoms with E-state index < -0.39 is 21.9 Å². The molecule has 2 heterocycles. The third kappa shape index (κ3) is 5.43. The second-order valence-electron chi connectivity index (χ2n) is 6.94. The van der Waals surface area contributed by atoms with E-state index >= 15 is 0 Å². The fourth-order valence-electron chi connectivity index (χ4n) is 3.36. The molecule has 1 aliphatic rings. The average Bonchev–Trinajstić information content (AvgIpc) is 2.69. The highest BCUT2D eigenvalue weighted by Gasteiger charge is 2.33. The average molecular weight is 441 g/mol. The summed E-state index contributed by atoms with van der Waals surface area (Å²) in [7, 11) is -3.51. The van der Waals surface area contributed by atoms with Crippen LogP contribution in [-0.2, 0) is 16.6 Å². The minimum Gasteiger partial charge on any atom is -0.323 e. The Bertz CT molecular complexity index is 975. The molecule has 156 valence electrons. The number of benzene rings is 1. The van der Waals surface area contributed by atoms with Crippen molar-refractivity contribution in [2.45, 2.75) is 25.4 Å². The number of nitrogens with one attached hydrogen (secondary N) is 1. The van der Waals surface area contributed by atoms with E-state index in [-0.39, 0.29) is 29.8 Å². The van der Waals surface area contributed by atoms with Crippen molar-refractivity contribution in [3.05, 3.63) is 59.1 Å². The van der Waals surface area contributed by atoms with Gasteiger partial charge in [0, 0.05) is 38.1 Å². The van der Waals surface area contributed by atoms with Gasteiger partial charge in [0.2, 0.25) is 10.0 Å². The van der Waals surface area contributed by atoms with E-state index in [4.69, 9.17) is 11.6 Å². The molecule has 29 heavy (non-hydrogen) atoms. The smallest absolute Gasteiger partial charge is 0.321 e. The molecular formula is C19H22ClFN4O3S. The molecule has 7 nitrogen and oxygen atoms in total. The van der Waals surface area contributed by atoms with Gasteiger partial charge in [-0.3, -0.25) is 4.98 Å². The van der Waals surface area contributed by atoms with E-state index in [2.05, 4.69) is 10.3 Å². The Balaban J connectivity index is 1.73. The molecule has 1 atom stereocenters. The zero-order chi connectivity index (χ0) is 21.0. The van der Waals surface area contributed by atoms with E-state index in [9.17, 15) is 17.6 Å². The van der Waals surface area contributed by atoms with Crippen molar-refractivity contribution >= 4 is 33.3 Å². The van der Waals surface area contributed by atoms with E-state index in [0.717, 1.165) is 11.8 Å². The minimum atomic E-state index is -3.51. The van der Waals surface area contributed by atoms with E-state index in [0.29, 0.717) is 19.4 Å². The van der Waals surface area contributed by atoms with Gasteiger partial charge >= 0.3 is 6.03 Å². The second-order valence-corrected chi connectivity index (χ2v) is 9.29. The molecule has 1 fully saturated rings. The highest BCUT2D eigenvalue weighted by atomic mass is 35.5. The van der Waals surface area contributed by atoms with Crippen molar-refractivity contribution in [3.63, 3.8) is 0 Å². The predicted octanol–water partition coefficient (Wildman–Crippen LogP) is 3.33. The molecular weight excluding hydrogens is 419 g/mol. The van der Waals surface area contributed by atoms with Crippen molar-refractivity contribution in [3.8, 4) is 0 Å². The lowest BCUT2D eigenvalue weighted by Gasteiger charge is -2.38. The molecule has 10 heteroatoms. The van der Waals surface area contributed by atoms with Crippen LogP contribution in [0.1, 0.15) is 18.4 Å². The lowest BCUT2D eigenvalue weighted by atomic mass is 10.1. The molecule has 0 bridgehead atoms. The Kier molecular flexibility index (Phi) is 6.71. The first-order valence-electron chi connectivity index (χ1n) is 9.11. The van der Waals surface area contributed by atoms with Gasteiger partial charge in [-0.05, 0) is 36.6 Å². The largest absolute Gasteiger partial charge is 0.323 e. The van der Waals surface area contributed by atoms with Crippen LogP contribution in [0, 0.1) is 5.82 Å². The number of sulfonamides is 1. The summed E-state index contributed by atoms with van der Waals surface area (Å²) in [5.74, 6) is -0.703. The molecule has 0 spiro atoms. The van der Waals surface area contributed by atoms with Gasteiger partial charge in [0.15, 0.2) is 5.82 Å². The molecule has 1 aliphatic heterocycles. The highest BCUT2D eigenvalue weighted by Crippen LogP contribution is 2.24. The van der Waals surface area contributed by atoms with Crippen molar-refractivity contribution < 1.29 is 17.6 Å². The topological polar surface area (TPSA) is 82.6 Å². The number of amides is 2. The molecule has 2 amide bonds. The van der Waals surface area contributed by atoms with Crippen LogP contribution in [0.3, 0.4) is 0 Å². The maximum Gasteiger partial charge on any atom is 0.321 e. The van der Waals surface area contributed by atoms with Crippen molar-refractivity contribution in [1.29, 1.82) is 0 Å². The first-order valence-corrected chi connectivity index (χ1v) is 11.3. The van der Waals surface area contributed by atoms with Gasteiger partial charge in [0.1, 0.15) is 0 Å². The molecule has 1 aromatic carbocycles. The van der Waals surface area contributed by atoms with Gasteiger partial charge in [-0.2, -0.15) is 4.31 Å². The highest BCUT2D eigenvalue weighted by molar-refractivity contribution is 7.88. The lowest BCUT2D eigenvalue weighted by molar-refractivity contribution is 0.157. The van der Waals surface area contributed by atoms with E-state index in [1.807, 2.05) is 0 Å². The third-order valence-corrected chi connectivity index (χ3v) is 6.34. The number of pyridine rings is 1. The molecule has 1 unspecified atom stereocenters. The van der Waals surface area contributed by atoms with Gasteiger partial charge in [-0.15, -0.1) is 0 Å². The van der Waals surface area contributed by atoms with E-state index in [1.165, 1.54) is 21.3 Å². The second kappa shape index (κ2) is 9.06. The predicted molar refractivity (Wildman–Crippen MR) is 110 cm³/mol. The SMILES string of the molecule is CS(=O)(=O)N(Cc1cccnc1)C1CCCN(C(=O)Nc2cccc(Cl)c2F)C1. The quantitative estimate of drug-likeness (QED) is 0.773. The minimum absolute atomic E-state index is 0.0139. The fourth-order valence-corrected chi connectivity index (χ4v) is 4.63. The number of carbonyl (C=O) groups excluding carboxylic acids is 1. The van der Waals surface area contributed by atoms with Gasteiger partial charge in [0.25, 0.3) is 0 Å². The van der Waals surface area contributed by atoms with Crippen molar-refractivity contribution in [2.75, 3.05) is 24.7 Å². The number of carbonyl (C=O) groups is 1. The van der Waals surface area contributed by atoms with Crippen LogP contribution >= 0.6 is 11.6 Å². The number of piperidine rings is 1. The number of urea groups is 1. The number of aromatic nitrogens is 1. The van der Waals surface area contributed by atoms with Crippen LogP contribution in [0.5, 0.6) is 0 Å². The van der Waals surface area contributed by atoms with E-state index in [1.54, 1.807) is 30.6 Å². The van der Waals surface area contributed by atoms with Crippen LogP contribution in [0.25, 0.3) is 0 Å². The Hall–Kier alpha value is -2.23. The molecule has 0 radical (unpaired) electrons. The Labute approximate surface area is 174 Å². The van der Waals surface area contributed by atoms with Crippen molar-refractivity contribution in [2.24, 2.45) is 0 Å².